The molecule has 3 rings (SSSR count). The number of hydrogen-bond acceptors (Lipinski definition) is 2. The lowest BCUT2D eigenvalue weighted by atomic mass is 10.1. The van der Waals surface area contributed by atoms with Gasteiger partial charge in [-0.3, -0.25) is 0 Å². The third-order valence-corrected chi connectivity index (χ3v) is 4.10. The van der Waals surface area contributed by atoms with Crippen LogP contribution in [0.15, 0.2) is 18.2 Å². The Labute approximate surface area is 106 Å². The number of benzene rings is 1. The number of fused-ring (bicyclic) bond motifs is 1. The van der Waals surface area contributed by atoms with Crippen LogP contribution in [0.3, 0.4) is 0 Å². The second-order valence-corrected chi connectivity index (χ2v) is 6.04. The molecule has 1 unspecified atom stereocenters. The first-order valence-corrected chi connectivity index (χ1v) is 6.26. The first kappa shape index (κ1) is 10.9. The Morgan fingerprint density at radius 2 is 2.24 bits per heavy atom. The average molecular weight is 250 g/mol. The summed E-state index contributed by atoms with van der Waals surface area (Å²) in [5.41, 5.74) is 8.39. The second-order valence-electron chi connectivity index (χ2n) is 5.60. The van der Waals surface area contributed by atoms with E-state index in [1.165, 1.54) is 6.42 Å². The van der Waals surface area contributed by atoms with Crippen molar-refractivity contribution in [1.29, 1.82) is 0 Å². The number of halogens is 1. The fourth-order valence-corrected chi connectivity index (χ4v) is 2.59. The third kappa shape index (κ3) is 1.78. The van der Waals surface area contributed by atoms with E-state index in [9.17, 15) is 0 Å². The summed E-state index contributed by atoms with van der Waals surface area (Å²) < 4.78 is 2.10. The maximum atomic E-state index is 5.98. The monoisotopic (exact) mass is 249 g/mol. The molecule has 1 atom stereocenters. The second kappa shape index (κ2) is 3.39. The van der Waals surface area contributed by atoms with Crippen LogP contribution in [-0.4, -0.2) is 9.55 Å². The van der Waals surface area contributed by atoms with E-state index in [4.69, 9.17) is 17.3 Å². The average Bonchev–Trinajstić information content (AvgIpc) is 2.71. The van der Waals surface area contributed by atoms with Gasteiger partial charge in [0, 0.05) is 11.6 Å². The standard InChI is InChI=1S/C13H16ClN3/c1-13(2)6-8(13)7-17-11-4-3-9(14)5-10(11)16-12(17)15/h3-5,8H,6-7H2,1-2H3,(H2,15,16). The van der Waals surface area contributed by atoms with Crippen LogP contribution in [0.4, 0.5) is 5.95 Å². The van der Waals surface area contributed by atoms with Gasteiger partial charge in [0.2, 0.25) is 5.95 Å². The van der Waals surface area contributed by atoms with Crippen molar-refractivity contribution < 1.29 is 0 Å². The van der Waals surface area contributed by atoms with Gasteiger partial charge in [0.15, 0.2) is 0 Å². The van der Waals surface area contributed by atoms with E-state index in [2.05, 4.69) is 23.4 Å². The maximum absolute atomic E-state index is 5.98. The van der Waals surface area contributed by atoms with E-state index >= 15 is 0 Å². The van der Waals surface area contributed by atoms with Crippen LogP contribution >= 0.6 is 11.6 Å². The molecule has 0 radical (unpaired) electrons. The Balaban J connectivity index is 2.01. The molecular weight excluding hydrogens is 234 g/mol. The molecule has 2 N–H and O–H groups in total. The minimum absolute atomic E-state index is 0.454. The van der Waals surface area contributed by atoms with Gasteiger partial charge in [-0.15, -0.1) is 0 Å². The first-order chi connectivity index (χ1) is 7.97. The molecule has 1 heterocycles. The van der Waals surface area contributed by atoms with Crippen LogP contribution in [0.2, 0.25) is 5.02 Å². The van der Waals surface area contributed by atoms with Gasteiger partial charge in [-0.1, -0.05) is 25.4 Å². The molecule has 1 aromatic carbocycles. The minimum Gasteiger partial charge on any atom is -0.369 e. The Morgan fingerprint density at radius 1 is 1.53 bits per heavy atom. The lowest BCUT2D eigenvalue weighted by Crippen LogP contribution is -2.07. The molecule has 1 fully saturated rings. The SMILES string of the molecule is CC1(C)CC1Cn1c(N)nc2cc(Cl)ccc21. The van der Waals surface area contributed by atoms with Crippen LogP contribution in [0, 0.1) is 11.3 Å². The van der Waals surface area contributed by atoms with Crippen LogP contribution < -0.4 is 5.73 Å². The van der Waals surface area contributed by atoms with E-state index in [1.54, 1.807) is 0 Å². The summed E-state index contributed by atoms with van der Waals surface area (Å²) >= 11 is 5.95. The highest BCUT2D eigenvalue weighted by molar-refractivity contribution is 6.31. The van der Waals surface area contributed by atoms with Crippen molar-refractivity contribution >= 4 is 28.6 Å². The van der Waals surface area contributed by atoms with Gasteiger partial charge in [-0.2, -0.15) is 0 Å². The lowest BCUT2D eigenvalue weighted by molar-refractivity contribution is 0.507. The molecule has 3 nitrogen and oxygen atoms in total. The Morgan fingerprint density at radius 3 is 2.88 bits per heavy atom. The molecule has 0 saturated heterocycles. The van der Waals surface area contributed by atoms with Gasteiger partial charge in [-0.25, -0.2) is 4.98 Å². The maximum Gasteiger partial charge on any atom is 0.201 e. The highest BCUT2D eigenvalue weighted by atomic mass is 35.5. The van der Waals surface area contributed by atoms with E-state index in [0.717, 1.165) is 17.6 Å². The lowest BCUT2D eigenvalue weighted by Gasteiger charge is -2.07. The van der Waals surface area contributed by atoms with Crippen LogP contribution in [-0.2, 0) is 6.54 Å². The van der Waals surface area contributed by atoms with Gasteiger partial charge in [0.1, 0.15) is 0 Å². The molecule has 4 heteroatoms. The molecule has 1 aromatic heterocycles. The van der Waals surface area contributed by atoms with Crippen molar-refractivity contribution in [1.82, 2.24) is 9.55 Å². The Kier molecular flexibility index (Phi) is 2.17. The fourth-order valence-electron chi connectivity index (χ4n) is 2.42. The molecule has 2 aromatic rings. The zero-order valence-electron chi connectivity index (χ0n) is 10.1. The fraction of sp³-hybridized carbons (Fsp3) is 0.462. The number of anilines is 1. The Bertz CT molecular complexity index is 586. The zero-order valence-corrected chi connectivity index (χ0v) is 10.8. The normalized spacial score (nSPS) is 21.9. The summed E-state index contributed by atoms with van der Waals surface area (Å²) in [7, 11) is 0. The molecule has 1 saturated carbocycles. The summed E-state index contributed by atoms with van der Waals surface area (Å²) in [4.78, 5) is 4.36. The topological polar surface area (TPSA) is 43.8 Å². The number of nitrogens with two attached hydrogens (primary N) is 1. The number of nitrogen functional groups attached to an aromatic ring is 1. The Hall–Kier alpha value is -1.22. The molecular formula is C13H16ClN3. The number of aromatic nitrogens is 2. The van der Waals surface area contributed by atoms with Crippen LogP contribution in [0.25, 0.3) is 11.0 Å². The van der Waals surface area contributed by atoms with Gasteiger partial charge < -0.3 is 10.3 Å². The van der Waals surface area contributed by atoms with Crippen LogP contribution in [0.5, 0.6) is 0 Å². The predicted octanol–water partition coefficient (Wildman–Crippen LogP) is 3.32. The molecule has 1 aliphatic carbocycles. The van der Waals surface area contributed by atoms with Crippen molar-refractivity contribution in [3.63, 3.8) is 0 Å². The van der Waals surface area contributed by atoms with Crippen molar-refractivity contribution in [2.24, 2.45) is 11.3 Å². The summed E-state index contributed by atoms with van der Waals surface area (Å²) in [5.74, 6) is 1.29. The van der Waals surface area contributed by atoms with E-state index in [0.29, 0.717) is 22.3 Å². The van der Waals surface area contributed by atoms with Crippen molar-refractivity contribution in [3.05, 3.63) is 23.2 Å². The summed E-state index contributed by atoms with van der Waals surface area (Å²) in [5, 5.41) is 0.703. The quantitative estimate of drug-likeness (QED) is 0.887. The number of nitrogens with zero attached hydrogens (tertiary/aromatic N) is 2. The summed E-state index contributed by atoms with van der Waals surface area (Å²) in [6.45, 7) is 5.55. The smallest absolute Gasteiger partial charge is 0.201 e. The molecule has 1 aliphatic rings. The van der Waals surface area contributed by atoms with Gasteiger partial charge in [-0.05, 0) is 36.0 Å². The molecule has 0 amide bonds. The van der Waals surface area contributed by atoms with Crippen LogP contribution in [0.1, 0.15) is 20.3 Å². The van der Waals surface area contributed by atoms with Crippen molar-refractivity contribution in [2.45, 2.75) is 26.8 Å². The van der Waals surface area contributed by atoms with E-state index in [1.807, 2.05) is 18.2 Å². The minimum atomic E-state index is 0.454. The number of imidazole rings is 1. The van der Waals surface area contributed by atoms with E-state index < -0.39 is 0 Å². The van der Waals surface area contributed by atoms with Gasteiger partial charge >= 0.3 is 0 Å². The number of hydrogen-bond donors (Lipinski definition) is 1. The zero-order chi connectivity index (χ0) is 12.2. The third-order valence-electron chi connectivity index (χ3n) is 3.86. The summed E-state index contributed by atoms with van der Waals surface area (Å²) in [6.07, 6.45) is 1.26. The van der Waals surface area contributed by atoms with Crippen molar-refractivity contribution in [3.8, 4) is 0 Å². The van der Waals surface area contributed by atoms with Gasteiger partial charge in [0.05, 0.1) is 11.0 Å². The first-order valence-electron chi connectivity index (χ1n) is 5.89. The summed E-state index contributed by atoms with van der Waals surface area (Å²) in [6, 6.07) is 5.75. The highest BCUT2D eigenvalue weighted by Gasteiger charge is 2.45. The molecule has 0 aliphatic heterocycles. The number of rotatable bonds is 2. The van der Waals surface area contributed by atoms with Crippen molar-refractivity contribution in [2.75, 3.05) is 5.73 Å². The molecule has 0 bridgehead atoms. The highest BCUT2D eigenvalue weighted by Crippen LogP contribution is 2.52. The molecule has 0 spiro atoms. The molecule has 17 heavy (non-hydrogen) atoms. The largest absolute Gasteiger partial charge is 0.369 e. The van der Waals surface area contributed by atoms with E-state index in [-0.39, 0.29) is 0 Å². The molecule has 90 valence electrons. The predicted molar refractivity (Wildman–Crippen MR) is 71.0 cm³/mol. The van der Waals surface area contributed by atoms with Gasteiger partial charge in [0.25, 0.3) is 0 Å².